The lowest BCUT2D eigenvalue weighted by Crippen LogP contribution is -2.15. The van der Waals surface area contributed by atoms with Gasteiger partial charge in [0, 0.05) is 24.6 Å². The number of ether oxygens (including phenoxy) is 1. The van der Waals surface area contributed by atoms with Crippen LogP contribution in [0, 0.1) is 0 Å². The van der Waals surface area contributed by atoms with Gasteiger partial charge in [0.2, 0.25) is 0 Å². The maximum atomic E-state index is 12.0. The van der Waals surface area contributed by atoms with Crippen LogP contribution in [-0.2, 0) is 22.7 Å². The summed E-state index contributed by atoms with van der Waals surface area (Å²) in [6.07, 6.45) is 0.652. The molecule has 2 heterocycles. The van der Waals surface area contributed by atoms with Crippen LogP contribution in [0.15, 0.2) is 74.4 Å². The van der Waals surface area contributed by atoms with Crippen LogP contribution in [0.3, 0.4) is 0 Å². The second-order valence-electron chi connectivity index (χ2n) is 6.30. The van der Waals surface area contributed by atoms with Crippen molar-refractivity contribution in [2.45, 2.75) is 26.0 Å². The van der Waals surface area contributed by atoms with Crippen LogP contribution in [0.4, 0.5) is 0 Å². The largest absolute Gasteiger partial charge is 0.457 e. The van der Waals surface area contributed by atoms with Gasteiger partial charge < -0.3 is 13.7 Å². The van der Waals surface area contributed by atoms with Gasteiger partial charge in [0.15, 0.2) is 18.0 Å². The molecule has 142 valence electrons. The first-order valence-electron chi connectivity index (χ1n) is 8.96. The quantitative estimate of drug-likeness (QED) is 0.455. The summed E-state index contributed by atoms with van der Waals surface area (Å²) in [5, 5.41) is 3.98. The van der Waals surface area contributed by atoms with Gasteiger partial charge in [-0.3, -0.25) is 9.36 Å². The fourth-order valence-corrected chi connectivity index (χ4v) is 2.96. The molecule has 0 fully saturated rings. The third kappa shape index (κ3) is 3.88. The summed E-state index contributed by atoms with van der Waals surface area (Å²) in [5.74, 6) is -0.313. The van der Waals surface area contributed by atoms with Crippen molar-refractivity contribution < 1.29 is 18.5 Å². The highest BCUT2D eigenvalue weighted by molar-refractivity contribution is 5.72. The average Bonchev–Trinajstić information content (AvgIpc) is 3.32. The molecule has 0 amide bonds. The Kier molecular flexibility index (Phi) is 5.05. The van der Waals surface area contributed by atoms with Gasteiger partial charge >= 0.3 is 11.7 Å². The van der Waals surface area contributed by atoms with Gasteiger partial charge in [-0.2, -0.15) is 0 Å². The lowest BCUT2D eigenvalue weighted by molar-refractivity contribution is -0.145. The van der Waals surface area contributed by atoms with Gasteiger partial charge in [-0.1, -0.05) is 47.6 Å². The third-order valence-corrected chi connectivity index (χ3v) is 4.34. The summed E-state index contributed by atoms with van der Waals surface area (Å²) in [4.78, 5) is 23.9. The van der Waals surface area contributed by atoms with Crippen LogP contribution in [0.2, 0.25) is 0 Å². The van der Waals surface area contributed by atoms with Gasteiger partial charge in [0.25, 0.3) is 0 Å². The molecule has 0 aliphatic heterocycles. The molecule has 0 aliphatic carbocycles. The average molecular weight is 378 g/mol. The number of benzene rings is 2. The van der Waals surface area contributed by atoms with Crippen molar-refractivity contribution >= 4 is 17.1 Å². The standard InChI is InChI=1S/C21H18N2O5/c24-20(11-6-12-23-18-9-4-5-10-19(18)27-21(23)25)26-14-16-13-17(22-28-16)15-7-2-1-3-8-15/h1-5,7-10,13H,6,11-12,14H2. The summed E-state index contributed by atoms with van der Waals surface area (Å²) in [5.41, 5.74) is 2.88. The molecule has 4 aromatic rings. The molecular formula is C21H18N2O5. The van der Waals surface area contributed by atoms with Crippen molar-refractivity contribution in [2.24, 2.45) is 0 Å². The first kappa shape index (κ1) is 17.8. The van der Waals surface area contributed by atoms with Crippen molar-refractivity contribution in [3.8, 4) is 11.3 Å². The summed E-state index contributed by atoms with van der Waals surface area (Å²) in [6, 6.07) is 18.5. The SMILES string of the molecule is O=C(CCCn1c(=O)oc2ccccc21)OCc1cc(-c2ccccc2)no1. The van der Waals surface area contributed by atoms with Crippen LogP contribution in [0.5, 0.6) is 0 Å². The van der Waals surface area contributed by atoms with E-state index in [1.165, 1.54) is 4.57 Å². The van der Waals surface area contributed by atoms with Crippen molar-refractivity contribution in [3.63, 3.8) is 0 Å². The Morgan fingerprint density at radius 2 is 1.86 bits per heavy atom. The lowest BCUT2D eigenvalue weighted by Gasteiger charge is -2.03. The smallest absolute Gasteiger partial charge is 0.419 e. The molecule has 2 aromatic carbocycles. The van der Waals surface area contributed by atoms with Crippen molar-refractivity contribution in [1.29, 1.82) is 0 Å². The van der Waals surface area contributed by atoms with Crippen molar-refractivity contribution in [2.75, 3.05) is 0 Å². The number of para-hydroxylation sites is 2. The van der Waals surface area contributed by atoms with E-state index < -0.39 is 5.76 Å². The van der Waals surface area contributed by atoms with E-state index >= 15 is 0 Å². The van der Waals surface area contributed by atoms with E-state index in [1.54, 1.807) is 18.2 Å². The van der Waals surface area contributed by atoms with Gasteiger partial charge in [-0.05, 0) is 18.6 Å². The minimum atomic E-state index is -0.426. The Labute approximate surface area is 160 Å². The van der Waals surface area contributed by atoms with E-state index in [9.17, 15) is 9.59 Å². The van der Waals surface area contributed by atoms with Crippen molar-refractivity contribution in [1.82, 2.24) is 9.72 Å². The number of esters is 1. The molecule has 0 bridgehead atoms. The highest BCUT2D eigenvalue weighted by Crippen LogP contribution is 2.19. The maximum Gasteiger partial charge on any atom is 0.419 e. The highest BCUT2D eigenvalue weighted by atomic mass is 16.5. The fraction of sp³-hybridized carbons (Fsp3) is 0.190. The highest BCUT2D eigenvalue weighted by Gasteiger charge is 2.11. The molecule has 2 aromatic heterocycles. The Morgan fingerprint density at radius 3 is 2.71 bits per heavy atom. The molecule has 0 unspecified atom stereocenters. The number of hydrogen-bond donors (Lipinski definition) is 0. The van der Waals surface area contributed by atoms with E-state index in [1.807, 2.05) is 42.5 Å². The molecule has 0 saturated heterocycles. The normalized spacial score (nSPS) is 11.0. The zero-order chi connectivity index (χ0) is 19.3. The summed E-state index contributed by atoms with van der Waals surface area (Å²) < 4.78 is 17.1. The summed E-state index contributed by atoms with van der Waals surface area (Å²) in [7, 11) is 0. The topological polar surface area (TPSA) is 87.5 Å². The first-order valence-corrected chi connectivity index (χ1v) is 8.96. The molecule has 0 N–H and O–H groups in total. The van der Waals surface area contributed by atoms with Crippen LogP contribution in [0.25, 0.3) is 22.4 Å². The first-order chi connectivity index (χ1) is 13.7. The monoisotopic (exact) mass is 378 g/mol. The predicted octanol–water partition coefficient (Wildman–Crippen LogP) is 3.77. The van der Waals surface area contributed by atoms with Crippen LogP contribution >= 0.6 is 0 Å². The van der Waals surface area contributed by atoms with E-state index in [4.69, 9.17) is 13.7 Å². The van der Waals surface area contributed by atoms with E-state index in [0.717, 1.165) is 11.1 Å². The van der Waals surface area contributed by atoms with Crippen molar-refractivity contribution in [3.05, 3.63) is 77.0 Å². The number of carbonyl (C=O) groups excluding carboxylic acids is 1. The number of fused-ring (bicyclic) bond motifs is 1. The Hall–Kier alpha value is -3.61. The van der Waals surface area contributed by atoms with Gasteiger partial charge in [0.05, 0.1) is 5.52 Å². The molecule has 7 nitrogen and oxygen atoms in total. The molecule has 0 atom stereocenters. The van der Waals surface area contributed by atoms with Crippen LogP contribution < -0.4 is 5.76 Å². The molecule has 28 heavy (non-hydrogen) atoms. The molecule has 0 saturated carbocycles. The van der Waals surface area contributed by atoms with Gasteiger partial charge in [0.1, 0.15) is 5.69 Å². The van der Waals surface area contributed by atoms with Crippen LogP contribution in [0.1, 0.15) is 18.6 Å². The molecule has 7 heteroatoms. The molecular weight excluding hydrogens is 360 g/mol. The number of aryl methyl sites for hydroxylation is 1. The summed E-state index contributed by atoms with van der Waals surface area (Å²) in [6.45, 7) is 0.401. The Balaban J connectivity index is 1.28. The predicted molar refractivity (Wildman–Crippen MR) is 101 cm³/mol. The molecule has 0 radical (unpaired) electrons. The minimum Gasteiger partial charge on any atom is -0.457 e. The minimum absolute atomic E-state index is 0.0211. The zero-order valence-electron chi connectivity index (χ0n) is 15.0. The number of rotatable bonds is 7. The maximum absolute atomic E-state index is 12.0. The molecule has 0 spiro atoms. The number of aromatic nitrogens is 2. The Bertz CT molecular complexity index is 1140. The Morgan fingerprint density at radius 1 is 1.07 bits per heavy atom. The lowest BCUT2D eigenvalue weighted by atomic mass is 10.1. The van der Waals surface area contributed by atoms with Gasteiger partial charge in [-0.15, -0.1) is 0 Å². The summed E-state index contributed by atoms with van der Waals surface area (Å²) >= 11 is 0. The van der Waals surface area contributed by atoms with E-state index in [0.29, 0.717) is 30.0 Å². The molecule has 4 rings (SSSR count). The third-order valence-electron chi connectivity index (χ3n) is 4.34. The fourth-order valence-electron chi connectivity index (χ4n) is 2.96. The van der Waals surface area contributed by atoms with Gasteiger partial charge in [-0.25, -0.2) is 4.79 Å². The second kappa shape index (κ2) is 7.96. The number of nitrogens with zero attached hydrogens (tertiary/aromatic N) is 2. The van der Waals surface area contributed by atoms with E-state index in [2.05, 4.69) is 5.16 Å². The number of carbonyl (C=O) groups is 1. The second-order valence-corrected chi connectivity index (χ2v) is 6.30. The van der Waals surface area contributed by atoms with E-state index in [-0.39, 0.29) is 19.0 Å². The number of hydrogen-bond acceptors (Lipinski definition) is 6. The molecule has 0 aliphatic rings. The van der Waals surface area contributed by atoms with Crippen LogP contribution in [-0.4, -0.2) is 15.7 Å². The number of oxazole rings is 1. The zero-order valence-corrected chi connectivity index (χ0v) is 15.0.